The predicted molar refractivity (Wildman–Crippen MR) is 92.9 cm³/mol. The van der Waals surface area contributed by atoms with Crippen molar-refractivity contribution >= 4 is 34.8 Å². The van der Waals surface area contributed by atoms with Gasteiger partial charge in [-0.2, -0.15) is 13.2 Å². The number of rotatable bonds is 6. The Hall–Kier alpha value is -1.76. The monoisotopic (exact) mass is 390 g/mol. The topological polar surface area (TPSA) is 41.1 Å². The quantitative estimate of drug-likeness (QED) is 0.671. The lowest BCUT2D eigenvalue weighted by atomic mass is 10.1. The second-order valence-electron chi connectivity index (χ2n) is 5.25. The molecule has 0 fully saturated rings. The zero-order chi connectivity index (χ0) is 18.4. The summed E-state index contributed by atoms with van der Waals surface area (Å²) in [7, 11) is 0. The lowest BCUT2D eigenvalue weighted by Gasteiger charge is -2.14. The van der Waals surface area contributed by atoms with Crippen LogP contribution in [0.15, 0.2) is 42.5 Å². The largest absolute Gasteiger partial charge is 0.418 e. The van der Waals surface area contributed by atoms with Crippen molar-refractivity contribution in [2.45, 2.75) is 19.1 Å². The van der Waals surface area contributed by atoms with Crippen molar-refractivity contribution in [2.24, 2.45) is 0 Å². The first-order valence-electron chi connectivity index (χ1n) is 7.38. The smallest absolute Gasteiger partial charge is 0.325 e. The van der Waals surface area contributed by atoms with Crippen molar-refractivity contribution in [2.75, 3.05) is 11.9 Å². The summed E-state index contributed by atoms with van der Waals surface area (Å²) < 4.78 is 38.9. The number of carbonyl (C=O) groups excluding carboxylic acids is 1. The molecule has 1 amide bonds. The lowest BCUT2D eigenvalue weighted by Crippen LogP contribution is -2.22. The van der Waals surface area contributed by atoms with E-state index in [-0.39, 0.29) is 17.1 Å². The van der Waals surface area contributed by atoms with E-state index < -0.39 is 17.6 Å². The number of nitrogens with one attached hydrogen (secondary N) is 2. The van der Waals surface area contributed by atoms with Gasteiger partial charge in [0.15, 0.2) is 0 Å². The Labute approximate surface area is 153 Å². The van der Waals surface area contributed by atoms with Crippen LogP contribution in [0.2, 0.25) is 10.0 Å². The van der Waals surface area contributed by atoms with Crippen molar-refractivity contribution in [3.8, 4) is 0 Å². The molecular weight excluding hydrogens is 376 g/mol. The Balaban J connectivity index is 1.88. The maximum atomic E-state index is 13.0. The molecule has 2 N–H and O–H groups in total. The van der Waals surface area contributed by atoms with Gasteiger partial charge in [-0.15, -0.1) is 0 Å². The van der Waals surface area contributed by atoms with Gasteiger partial charge in [-0.3, -0.25) is 4.79 Å². The van der Waals surface area contributed by atoms with Crippen LogP contribution < -0.4 is 10.6 Å². The number of benzene rings is 2. The second kappa shape index (κ2) is 8.56. The van der Waals surface area contributed by atoms with Gasteiger partial charge in [-0.1, -0.05) is 41.4 Å². The van der Waals surface area contributed by atoms with Crippen LogP contribution >= 0.6 is 23.2 Å². The molecule has 8 heteroatoms. The summed E-state index contributed by atoms with van der Waals surface area (Å²) in [6.45, 7) is 0.758. The van der Waals surface area contributed by atoms with Gasteiger partial charge in [0.05, 0.1) is 11.3 Å². The summed E-state index contributed by atoms with van der Waals surface area (Å²) in [5, 5.41) is 5.85. The van der Waals surface area contributed by atoms with Crippen LogP contribution in [0.25, 0.3) is 0 Å². The first-order chi connectivity index (χ1) is 11.8. The van der Waals surface area contributed by atoms with E-state index in [9.17, 15) is 18.0 Å². The van der Waals surface area contributed by atoms with E-state index in [1.807, 2.05) is 18.2 Å². The van der Waals surface area contributed by atoms with E-state index in [0.29, 0.717) is 18.1 Å². The van der Waals surface area contributed by atoms with Crippen LogP contribution in [0, 0.1) is 0 Å². The molecule has 2 aromatic carbocycles. The summed E-state index contributed by atoms with van der Waals surface area (Å²) in [5.74, 6) is -0.528. The molecule has 2 rings (SSSR count). The van der Waals surface area contributed by atoms with Gasteiger partial charge < -0.3 is 10.6 Å². The Bertz CT molecular complexity index is 751. The fourth-order valence-electron chi connectivity index (χ4n) is 2.14. The Morgan fingerprint density at radius 1 is 1.08 bits per heavy atom. The fraction of sp³-hybridized carbons (Fsp3) is 0.235. The van der Waals surface area contributed by atoms with Crippen molar-refractivity contribution in [3.63, 3.8) is 0 Å². The van der Waals surface area contributed by atoms with E-state index in [1.165, 1.54) is 6.07 Å². The van der Waals surface area contributed by atoms with Gasteiger partial charge >= 0.3 is 6.18 Å². The molecule has 0 radical (unpaired) electrons. The molecule has 0 saturated heterocycles. The van der Waals surface area contributed by atoms with Crippen molar-refractivity contribution < 1.29 is 18.0 Å². The minimum atomic E-state index is -4.60. The molecular formula is C17H15Cl2F3N2O. The standard InChI is InChI=1S/C17H15Cl2F3N2O/c18-12-5-6-15(13(9-12)17(20,21)22)24-16(25)7-8-23-10-11-3-1-2-4-14(11)19/h1-6,9,23H,7-8,10H2,(H,24,25). The zero-order valence-electron chi connectivity index (χ0n) is 13.0. The third-order valence-corrected chi connectivity index (χ3v) is 3.97. The molecule has 0 aliphatic rings. The fourth-order valence-corrected chi connectivity index (χ4v) is 2.51. The van der Waals surface area contributed by atoms with E-state index in [4.69, 9.17) is 23.2 Å². The molecule has 0 aromatic heterocycles. The van der Waals surface area contributed by atoms with Gasteiger partial charge in [0, 0.05) is 29.6 Å². The minimum Gasteiger partial charge on any atom is -0.325 e. The molecule has 0 bridgehead atoms. The highest BCUT2D eigenvalue weighted by molar-refractivity contribution is 6.31. The van der Waals surface area contributed by atoms with Crippen LogP contribution in [0.4, 0.5) is 18.9 Å². The number of alkyl halides is 3. The minimum absolute atomic E-state index is 0.0182. The molecule has 2 aromatic rings. The van der Waals surface area contributed by atoms with Gasteiger partial charge in [0.25, 0.3) is 0 Å². The van der Waals surface area contributed by atoms with Crippen molar-refractivity contribution in [1.29, 1.82) is 0 Å². The maximum absolute atomic E-state index is 13.0. The summed E-state index contributed by atoms with van der Waals surface area (Å²) in [6, 6.07) is 10.5. The molecule has 25 heavy (non-hydrogen) atoms. The molecule has 0 spiro atoms. The van der Waals surface area contributed by atoms with Crippen LogP contribution in [0.1, 0.15) is 17.5 Å². The summed E-state index contributed by atoms with van der Waals surface area (Å²) in [4.78, 5) is 11.9. The van der Waals surface area contributed by atoms with E-state index in [0.717, 1.165) is 17.7 Å². The van der Waals surface area contributed by atoms with Gasteiger partial charge in [-0.05, 0) is 29.8 Å². The van der Waals surface area contributed by atoms with Crippen LogP contribution in [-0.2, 0) is 17.5 Å². The first kappa shape index (κ1) is 19.6. The normalized spacial score (nSPS) is 11.4. The molecule has 0 saturated carbocycles. The molecule has 0 unspecified atom stereocenters. The van der Waals surface area contributed by atoms with Crippen LogP contribution in [0.5, 0.6) is 0 Å². The SMILES string of the molecule is O=C(CCNCc1ccccc1Cl)Nc1ccc(Cl)cc1C(F)(F)F. The molecule has 0 aliphatic heterocycles. The number of halogens is 5. The zero-order valence-corrected chi connectivity index (χ0v) is 14.5. The average Bonchev–Trinajstić information content (AvgIpc) is 2.54. The number of amides is 1. The second-order valence-corrected chi connectivity index (χ2v) is 6.10. The first-order valence-corrected chi connectivity index (χ1v) is 8.13. The van der Waals surface area contributed by atoms with E-state index in [1.54, 1.807) is 6.07 Å². The van der Waals surface area contributed by atoms with Gasteiger partial charge in [0.1, 0.15) is 0 Å². The lowest BCUT2D eigenvalue weighted by molar-refractivity contribution is -0.137. The average molecular weight is 391 g/mol. The number of anilines is 1. The van der Waals surface area contributed by atoms with Gasteiger partial charge in [0.2, 0.25) is 5.91 Å². The Morgan fingerprint density at radius 2 is 1.80 bits per heavy atom. The predicted octanol–water partition coefficient (Wildman–Crippen LogP) is 5.13. The third kappa shape index (κ3) is 5.92. The molecule has 134 valence electrons. The highest BCUT2D eigenvalue weighted by Crippen LogP contribution is 2.36. The number of hydrogen-bond donors (Lipinski definition) is 2. The molecule has 0 aliphatic carbocycles. The summed E-state index contributed by atoms with van der Waals surface area (Å²) in [6.07, 6.45) is -4.58. The number of hydrogen-bond acceptors (Lipinski definition) is 2. The van der Waals surface area contributed by atoms with Crippen molar-refractivity contribution in [3.05, 3.63) is 63.6 Å². The maximum Gasteiger partial charge on any atom is 0.418 e. The third-order valence-electron chi connectivity index (χ3n) is 3.36. The molecule has 0 atom stereocenters. The van der Waals surface area contributed by atoms with E-state index in [2.05, 4.69) is 10.6 Å². The molecule has 0 heterocycles. The summed E-state index contributed by atoms with van der Waals surface area (Å²) >= 11 is 11.6. The Morgan fingerprint density at radius 3 is 2.48 bits per heavy atom. The molecule has 3 nitrogen and oxygen atoms in total. The van der Waals surface area contributed by atoms with Crippen LogP contribution in [0.3, 0.4) is 0 Å². The Kier molecular flexibility index (Phi) is 6.70. The highest BCUT2D eigenvalue weighted by atomic mass is 35.5. The van der Waals surface area contributed by atoms with Crippen LogP contribution in [-0.4, -0.2) is 12.5 Å². The van der Waals surface area contributed by atoms with Crippen molar-refractivity contribution in [1.82, 2.24) is 5.32 Å². The van der Waals surface area contributed by atoms with Gasteiger partial charge in [-0.25, -0.2) is 0 Å². The summed E-state index contributed by atoms with van der Waals surface area (Å²) in [5.41, 5.74) is -0.410. The van der Waals surface area contributed by atoms with E-state index >= 15 is 0 Å². The number of carbonyl (C=O) groups is 1. The highest BCUT2D eigenvalue weighted by Gasteiger charge is 2.34.